The van der Waals surface area contributed by atoms with E-state index in [0.717, 1.165) is 5.56 Å². The molecule has 1 heterocycles. The summed E-state index contributed by atoms with van der Waals surface area (Å²) in [5.74, 6) is -0.749. The van der Waals surface area contributed by atoms with Crippen molar-refractivity contribution in [2.75, 3.05) is 18.4 Å². The Hall–Kier alpha value is -2.51. The lowest BCUT2D eigenvalue weighted by Gasteiger charge is -2.31. The zero-order chi connectivity index (χ0) is 21.2. The molecule has 1 aliphatic heterocycles. The number of carbonyl (C=O) groups is 2. The SMILES string of the molecule is CC(=O)c1cccc(NC(=O)C2CCCN(S(=O)(=O)c3cc(C)ccc3C)C2)c1. The molecular weight excluding hydrogens is 388 g/mol. The van der Waals surface area contributed by atoms with Gasteiger partial charge in [0, 0.05) is 24.3 Å². The van der Waals surface area contributed by atoms with E-state index in [0.29, 0.717) is 41.1 Å². The molecule has 0 radical (unpaired) electrons. The number of hydrogen-bond donors (Lipinski definition) is 1. The van der Waals surface area contributed by atoms with Crippen LogP contribution in [0.1, 0.15) is 41.3 Å². The molecule has 1 amide bonds. The van der Waals surface area contributed by atoms with Gasteiger partial charge in [0.2, 0.25) is 15.9 Å². The number of nitrogens with one attached hydrogen (secondary N) is 1. The number of hydrogen-bond acceptors (Lipinski definition) is 4. The summed E-state index contributed by atoms with van der Waals surface area (Å²) in [5, 5.41) is 2.83. The molecule has 0 spiro atoms. The summed E-state index contributed by atoms with van der Waals surface area (Å²) in [6, 6.07) is 12.1. The van der Waals surface area contributed by atoms with Crippen molar-refractivity contribution in [1.29, 1.82) is 0 Å². The normalized spacial score (nSPS) is 17.7. The van der Waals surface area contributed by atoms with E-state index >= 15 is 0 Å². The molecule has 2 aromatic carbocycles. The highest BCUT2D eigenvalue weighted by Gasteiger charge is 2.34. The first-order valence-electron chi connectivity index (χ1n) is 9.68. The zero-order valence-electron chi connectivity index (χ0n) is 16.9. The van der Waals surface area contributed by atoms with E-state index < -0.39 is 15.9 Å². The van der Waals surface area contributed by atoms with Gasteiger partial charge in [-0.15, -0.1) is 0 Å². The molecule has 1 fully saturated rings. The van der Waals surface area contributed by atoms with Crippen LogP contribution in [0.4, 0.5) is 5.69 Å². The number of aryl methyl sites for hydroxylation is 2. The van der Waals surface area contributed by atoms with Crippen molar-refractivity contribution >= 4 is 27.4 Å². The number of benzene rings is 2. The van der Waals surface area contributed by atoms with Gasteiger partial charge in [0.05, 0.1) is 10.8 Å². The highest BCUT2D eigenvalue weighted by Crippen LogP contribution is 2.27. The zero-order valence-corrected chi connectivity index (χ0v) is 17.8. The third-order valence-electron chi connectivity index (χ3n) is 5.25. The molecule has 1 N–H and O–H groups in total. The topological polar surface area (TPSA) is 83.6 Å². The van der Waals surface area contributed by atoms with Crippen molar-refractivity contribution in [1.82, 2.24) is 4.31 Å². The second-order valence-electron chi connectivity index (χ2n) is 7.60. The van der Waals surface area contributed by atoms with Gasteiger partial charge in [0.15, 0.2) is 5.78 Å². The molecule has 7 heteroatoms. The summed E-state index contributed by atoms with van der Waals surface area (Å²) in [6.07, 6.45) is 1.24. The van der Waals surface area contributed by atoms with Gasteiger partial charge in [-0.1, -0.05) is 24.3 Å². The van der Waals surface area contributed by atoms with Crippen LogP contribution in [-0.4, -0.2) is 37.5 Å². The van der Waals surface area contributed by atoms with Crippen molar-refractivity contribution in [3.8, 4) is 0 Å². The Balaban J connectivity index is 1.76. The molecule has 6 nitrogen and oxygen atoms in total. The van der Waals surface area contributed by atoms with Crippen LogP contribution in [0.3, 0.4) is 0 Å². The first kappa shape index (κ1) is 21.2. The summed E-state index contributed by atoms with van der Waals surface area (Å²) in [5.41, 5.74) is 2.64. The quantitative estimate of drug-likeness (QED) is 0.759. The highest BCUT2D eigenvalue weighted by molar-refractivity contribution is 7.89. The minimum absolute atomic E-state index is 0.0791. The van der Waals surface area contributed by atoms with Crippen molar-refractivity contribution < 1.29 is 18.0 Å². The minimum atomic E-state index is -3.66. The number of nitrogens with zero attached hydrogens (tertiary/aromatic N) is 1. The lowest BCUT2D eigenvalue weighted by atomic mass is 9.98. The van der Waals surface area contributed by atoms with Gasteiger partial charge in [-0.3, -0.25) is 9.59 Å². The smallest absolute Gasteiger partial charge is 0.243 e. The fourth-order valence-corrected chi connectivity index (χ4v) is 5.39. The Morgan fingerprint density at radius 3 is 2.59 bits per heavy atom. The van der Waals surface area contributed by atoms with Crippen molar-refractivity contribution in [2.24, 2.45) is 5.92 Å². The number of carbonyl (C=O) groups excluding carboxylic acids is 2. The molecule has 1 aliphatic rings. The second kappa shape index (κ2) is 8.47. The van der Waals surface area contributed by atoms with Crippen LogP contribution in [-0.2, 0) is 14.8 Å². The van der Waals surface area contributed by atoms with Crippen LogP contribution in [0, 0.1) is 19.8 Å². The molecule has 0 bridgehead atoms. The van der Waals surface area contributed by atoms with E-state index in [-0.39, 0.29) is 18.2 Å². The third kappa shape index (κ3) is 4.74. The molecule has 0 aliphatic carbocycles. The molecule has 154 valence electrons. The van der Waals surface area contributed by atoms with Crippen LogP contribution in [0.5, 0.6) is 0 Å². The van der Waals surface area contributed by atoms with Gasteiger partial charge in [0.1, 0.15) is 0 Å². The maximum Gasteiger partial charge on any atom is 0.243 e. The monoisotopic (exact) mass is 414 g/mol. The lowest BCUT2D eigenvalue weighted by molar-refractivity contribution is -0.120. The Bertz CT molecular complexity index is 1050. The van der Waals surface area contributed by atoms with Crippen LogP contribution < -0.4 is 5.32 Å². The number of rotatable bonds is 5. The number of anilines is 1. The highest BCUT2D eigenvalue weighted by atomic mass is 32.2. The summed E-state index contributed by atoms with van der Waals surface area (Å²) in [4.78, 5) is 24.6. The summed E-state index contributed by atoms with van der Waals surface area (Å²) in [7, 11) is -3.66. The van der Waals surface area contributed by atoms with Crippen molar-refractivity contribution in [2.45, 2.75) is 38.5 Å². The maximum atomic E-state index is 13.2. The van der Waals surface area contributed by atoms with Crippen LogP contribution in [0.2, 0.25) is 0 Å². The van der Waals surface area contributed by atoms with E-state index in [1.807, 2.05) is 13.0 Å². The molecule has 1 saturated heterocycles. The molecule has 1 unspecified atom stereocenters. The van der Waals surface area contributed by atoms with Gasteiger partial charge in [0.25, 0.3) is 0 Å². The van der Waals surface area contributed by atoms with Gasteiger partial charge in [-0.2, -0.15) is 4.31 Å². The number of Topliss-reactive ketones (excluding diaryl/α,β-unsaturated/α-hetero) is 1. The predicted molar refractivity (Wildman–Crippen MR) is 112 cm³/mol. The molecule has 0 saturated carbocycles. The van der Waals surface area contributed by atoms with Crippen molar-refractivity contribution in [3.63, 3.8) is 0 Å². The summed E-state index contributed by atoms with van der Waals surface area (Å²) < 4.78 is 27.7. The standard InChI is InChI=1S/C22H26N2O4S/c1-15-9-10-16(2)21(12-15)29(27,28)24-11-5-7-19(14-24)22(26)23-20-8-4-6-18(13-20)17(3)25/h4,6,8-10,12-13,19H,5,7,11,14H2,1-3H3,(H,23,26). The minimum Gasteiger partial charge on any atom is -0.326 e. The van der Waals surface area contributed by atoms with Gasteiger partial charge in [-0.05, 0) is 62.9 Å². The maximum absolute atomic E-state index is 13.2. The molecule has 2 aromatic rings. The number of sulfonamides is 1. The average molecular weight is 415 g/mol. The Morgan fingerprint density at radius 1 is 1.10 bits per heavy atom. The molecule has 3 rings (SSSR count). The van der Waals surface area contributed by atoms with Gasteiger partial charge >= 0.3 is 0 Å². The average Bonchev–Trinajstić information content (AvgIpc) is 2.70. The van der Waals surface area contributed by atoms with E-state index in [1.165, 1.54) is 11.2 Å². The van der Waals surface area contributed by atoms with E-state index in [9.17, 15) is 18.0 Å². The first-order chi connectivity index (χ1) is 13.7. The largest absolute Gasteiger partial charge is 0.326 e. The van der Waals surface area contributed by atoms with Crippen LogP contribution in [0.25, 0.3) is 0 Å². The Labute approximate surface area is 172 Å². The number of amides is 1. The fourth-order valence-electron chi connectivity index (χ4n) is 3.56. The fraction of sp³-hybridized carbons (Fsp3) is 0.364. The van der Waals surface area contributed by atoms with Crippen molar-refractivity contribution in [3.05, 3.63) is 59.2 Å². The van der Waals surface area contributed by atoms with E-state index in [2.05, 4.69) is 5.32 Å². The summed E-state index contributed by atoms with van der Waals surface area (Å²) in [6.45, 7) is 5.66. The molecular formula is C22H26N2O4S. The number of piperidine rings is 1. The third-order valence-corrected chi connectivity index (χ3v) is 7.26. The predicted octanol–water partition coefficient (Wildman–Crippen LogP) is 3.55. The van der Waals surface area contributed by atoms with Gasteiger partial charge < -0.3 is 5.32 Å². The first-order valence-corrected chi connectivity index (χ1v) is 11.1. The number of ketones is 1. The summed E-state index contributed by atoms with van der Waals surface area (Å²) >= 11 is 0. The van der Waals surface area contributed by atoms with Crippen LogP contribution >= 0.6 is 0 Å². The van der Waals surface area contributed by atoms with Gasteiger partial charge in [-0.25, -0.2) is 8.42 Å². The molecule has 1 atom stereocenters. The Morgan fingerprint density at radius 2 is 1.86 bits per heavy atom. The van der Waals surface area contributed by atoms with E-state index in [1.54, 1.807) is 43.3 Å². The lowest BCUT2D eigenvalue weighted by Crippen LogP contribution is -2.43. The second-order valence-corrected chi connectivity index (χ2v) is 9.50. The molecule has 0 aromatic heterocycles. The molecule has 29 heavy (non-hydrogen) atoms. The van der Waals surface area contributed by atoms with E-state index in [4.69, 9.17) is 0 Å². The Kier molecular flexibility index (Phi) is 6.19. The van der Waals surface area contributed by atoms with Crippen LogP contribution in [0.15, 0.2) is 47.4 Å².